The van der Waals surface area contributed by atoms with E-state index in [9.17, 15) is 0 Å². The SMILES string of the molecule is CC1C(C)C(C)C(C)C1C.CC1CCC2C=C3CC(C)(C)CC3=CC12.[CH3-].[CH3-].[CH3-].[CH3-].[Hf+4]. The first-order valence-electron chi connectivity index (χ1n) is 11.0. The second kappa shape index (κ2) is 13.2. The van der Waals surface area contributed by atoms with Crippen molar-refractivity contribution in [3.63, 3.8) is 0 Å². The van der Waals surface area contributed by atoms with E-state index in [0.29, 0.717) is 5.41 Å². The zero-order chi connectivity index (χ0) is 18.5. The molecule has 0 aliphatic heterocycles. The molecule has 0 heterocycles. The molecule has 0 saturated heterocycles. The van der Waals surface area contributed by atoms with Crippen molar-refractivity contribution in [1.82, 2.24) is 0 Å². The molecule has 3 unspecified atom stereocenters. The van der Waals surface area contributed by atoms with Gasteiger partial charge in [-0.05, 0) is 89.6 Å². The van der Waals surface area contributed by atoms with Gasteiger partial charge >= 0.3 is 25.8 Å². The second-order valence-corrected chi connectivity index (χ2v) is 11.0. The van der Waals surface area contributed by atoms with Crippen molar-refractivity contribution in [2.75, 3.05) is 0 Å². The Morgan fingerprint density at radius 1 is 0.633 bits per heavy atom. The van der Waals surface area contributed by atoms with Gasteiger partial charge in [0.05, 0.1) is 0 Å². The molecule has 0 aromatic rings. The molecule has 174 valence electrons. The van der Waals surface area contributed by atoms with Gasteiger partial charge in [-0.1, -0.05) is 67.5 Å². The van der Waals surface area contributed by atoms with Gasteiger partial charge in [-0.25, -0.2) is 0 Å². The van der Waals surface area contributed by atoms with Crippen molar-refractivity contribution in [3.05, 3.63) is 53.0 Å². The van der Waals surface area contributed by atoms with Crippen molar-refractivity contribution in [3.8, 4) is 0 Å². The minimum absolute atomic E-state index is 0. The number of fused-ring (bicyclic) bond motifs is 2. The van der Waals surface area contributed by atoms with Crippen LogP contribution in [0.15, 0.2) is 23.3 Å². The standard InChI is InChI=1S/C15H22.C10H20.4CH3.Hf/c1-10-4-5-11-6-12-8-15(2,3)9-13(12)7-14(10)11;1-6-7(2)9(4)10(5)8(6)3;;;;;/h6-7,10-11,14H,4-5,8-9H2,1-3H3;6-10H,1-5H3;4*1H3;/q;;4*-1;+4. The average Bonchev–Trinajstić information content (AvgIpc) is 3.11. The molecule has 0 spiro atoms. The minimum atomic E-state index is 0. The molecular formula is C29H54Hf. The summed E-state index contributed by atoms with van der Waals surface area (Å²) in [6.07, 6.45) is 10.8. The van der Waals surface area contributed by atoms with E-state index in [4.69, 9.17) is 0 Å². The van der Waals surface area contributed by atoms with Gasteiger partial charge in [-0.15, -0.1) is 0 Å². The summed E-state index contributed by atoms with van der Waals surface area (Å²) in [6.45, 7) is 19.2. The zero-order valence-electron chi connectivity index (χ0n) is 22.6. The molecule has 4 aliphatic rings. The van der Waals surface area contributed by atoms with Gasteiger partial charge in [0.15, 0.2) is 0 Å². The van der Waals surface area contributed by atoms with Gasteiger partial charge in [0.25, 0.3) is 0 Å². The van der Waals surface area contributed by atoms with Gasteiger partial charge in [0.1, 0.15) is 0 Å². The van der Waals surface area contributed by atoms with Crippen LogP contribution in [0.3, 0.4) is 0 Å². The van der Waals surface area contributed by atoms with E-state index in [0.717, 1.165) is 47.3 Å². The molecule has 0 amide bonds. The van der Waals surface area contributed by atoms with Gasteiger partial charge in [-0.3, -0.25) is 0 Å². The smallest absolute Gasteiger partial charge is 0.358 e. The molecule has 1 heteroatoms. The molecule has 0 N–H and O–H groups in total. The van der Waals surface area contributed by atoms with E-state index >= 15 is 0 Å². The maximum atomic E-state index is 2.63. The molecule has 3 atom stereocenters. The fraction of sp³-hybridized carbons (Fsp3) is 0.724. The van der Waals surface area contributed by atoms with E-state index in [1.807, 2.05) is 0 Å². The van der Waals surface area contributed by atoms with Crippen LogP contribution < -0.4 is 0 Å². The fourth-order valence-corrected chi connectivity index (χ4v) is 6.28. The molecule has 30 heavy (non-hydrogen) atoms. The summed E-state index contributed by atoms with van der Waals surface area (Å²) >= 11 is 0. The predicted molar refractivity (Wildman–Crippen MR) is 136 cm³/mol. The number of hydrogen-bond donors (Lipinski definition) is 0. The molecule has 4 aliphatic carbocycles. The largest absolute Gasteiger partial charge is 4.00 e. The Morgan fingerprint density at radius 2 is 1.00 bits per heavy atom. The van der Waals surface area contributed by atoms with Gasteiger partial charge in [-0.2, -0.15) is 0 Å². The maximum absolute atomic E-state index is 2.63. The first kappa shape index (κ1) is 35.0. The van der Waals surface area contributed by atoms with E-state index in [2.05, 4.69) is 67.5 Å². The Kier molecular flexibility index (Phi) is 15.3. The Hall–Kier alpha value is 0.350. The van der Waals surface area contributed by atoms with Crippen LogP contribution in [0.5, 0.6) is 0 Å². The summed E-state index contributed by atoms with van der Waals surface area (Å²) in [5, 5.41) is 0. The van der Waals surface area contributed by atoms with Gasteiger partial charge < -0.3 is 29.7 Å². The topological polar surface area (TPSA) is 0 Å². The number of hydrogen-bond acceptors (Lipinski definition) is 0. The molecule has 0 nitrogen and oxygen atoms in total. The predicted octanol–water partition coefficient (Wildman–Crippen LogP) is 9.31. The first-order chi connectivity index (χ1) is 11.6. The first-order valence-corrected chi connectivity index (χ1v) is 11.0. The van der Waals surface area contributed by atoms with Crippen LogP contribution >= 0.6 is 0 Å². The van der Waals surface area contributed by atoms with E-state index < -0.39 is 0 Å². The third-order valence-electron chi connectivity index (χ3n) is 8.81. The Balaban J connectivity index is -0.000000441. The van der Waals surface area contributed by atoms with Crippen molar-refractivity contribution in [2.45, 2.75) is 81.1 Å². The molecule has 0 bridgehead atoms. The minimum Gasteiger partial charge on any atom is -0.358 e. The summed E-state index contributed by atoms with van der Waals surface area (Å²) in [5.74, 6) is 7.35. The normalized spacial score (nSPS) is 39.5. The molecule has 0 radical (unpaired) electrons. The molecule has 3 saturated carbocycles. The summed E-state index contributed by atoms with van der Waals surface area (Å²) in [4.78, 5) is 0. The van der Waals surface area contributed by atoms with Crippen LogP contribution in [0.1, 0.15) is 81.1 Å². The maximum Gasteiger partial charge on any atom is 4.00 e. The zero-order valence-corrected chi connectivity index (χ0v) is 26.2. The van der Waals surface area contributed by atoms with Crippen molar-refractivity contribution in [1.29, 1.82) is 0 Å². The second-order valence-electron chi connectivity index (χ2n) is 11.0. The summed E-state index contributed by atoms with van der Waals surface area (Å²) in [5.41, 5.74) is 3.91. The fourth-order valence-electron chi connectivity index (χ4n) is 6.28. The third-order valence-corrected chi connectivity index (χ3v) is 8.81. The van der Waals surface area contributed by atoms with Crippen molar-refractivity contribution >= 4 is 0 Å². The molecule has 0 aromatic heterocycles. The van der Waals surface area contributed by atoms with E-state index in [1.165, 1.54) is 25.7 Å². The Labute approximate surface area is 211 Å². The average molecular weight is 581 g/mol. The number of allylic oxidation sites excluding steroid dienone is 4. The molecule has 0 aromatic carbocycles. The number of rotatable bonds is 0. The van der Waals surface area contributed by atoms with Crippen LogP contribution in [0.25, 0.3) is 0 Å². The Bertz CT molecular complexity index is 510. The Morgan fingerprint density at radius 3 is 1.40 bits per heavy atom. The summed E-state index contributed by atoms with van der Waals surface area (Å²) in [6, 6.07) is 0. The van der Waals surface area contributed by atoms with E-state index in [-0.39, 0.29) is 55.5 Å². The van der Waals surface area contributed by atoms with Crippen LogP contribution in [0, 0.1) is 82.5 Å². The monoisotopic (exact) mass is 582 g/mol. The van der Waals surface area contributed by atoms with Crippen molar-refractivity contribution < 1.29 is 25.8 Å². The van der Waals surface area contributed by atoms with Crippen LogP contribution in [0.2, 0.25) is 0 Å². The third kappa shape index (κ3) is 6.92. The molecule has 3 fully saturated rings. The quantitative estimate of drug-likeness (QED) is 0.198. The summed E-state index contributed by atoms with van der Waals surface area (Å²) in [7, 11) is 0. The van der Waals surface area contributed by atoms with Gasteiger partial charge in [0, 0.05) is 0 Å². The van der Waals surface area contributed by atoms with E-state index in [1.54, 1.807) is 11.1 Å². The molecule has 4 rings (SSSR count). The van der Waals surface area contributed by atoms with Gasteiger partial charge in [0.2, 0.25) is 0 Å². The van der Waals surface area contributed by atoms with Crippen LogP contribution in [-0.4, -0.2) is 0 Å². The van der Waals surface area contributed by atoms with Crippen LogP contribution in [0.4, 0.5) is 0 Å². The van der Waals surface area contributed by atoms with Crippen LogP contribution in [-0.2, 0) is 25.8 Å². The molecular weight excluding hydrogens is 527 g/mol. The summed E-state index contributed by atoms with van der Waals surface area (Å²) < 4.78 is 0. The van der Waals surface area contributed by atoms with Crippen molar-refractivity contribution in [2.24, 2.45) is 52.8 Å².